The maximum Gasteiger partial charge on any atom is 0.306 e. The first-order valence-electron chi connectivity index (χ1n) is 6.45. The molecule has 1 atom stereocenters. The number of carbonyl (C=O) groups excluding carboxylic acids is 1. The number of aryl methyl sites for hydroxylation is 1. The van der Waals surface area contributed by atoms with Crippen LogP contribution in [0.15, 0.2) is 18.2 Å². The fourth-order valence-electron chi connectivity index (χ4n) is 1.90. The minimum atomic E-state index is -0.955. The summed E-state index contributed by atoms with van der Waals surface area (Å²) in [6.45, 7) is 7.58. The van der Waals surface area contributed by atoms with Crippen LogP contribution in [0.3, 0.4) is 0 Å². The van der Waals surface area contributed by atoms with Gasteiger partial charge in [0.2, 0.25) is 5.91 Å². The van der Waals surface area contributed by atoms with Gasteiger partial charge in [-0.1, -0.05) is 39.0 Å². The summed E-state index contributed by atoms with van der Waals surface area (Å²) >= 11 is 0. The number of nitrogens with one attached hydrogen (secondary N) is 1. The summed E-state index contributed by atoms with van der Waals surface area (Å²) in [4.78, 5) is 22.6. The van der Waals surface area contributed by atoms with Crippen LogP contribution in [-0.4, -0.2) is 17.0 Å². The van der Waals surface area contributed by atoms with Crippen LogP contribution < -0.4 is 5.32 Å². The molecule has 0 aliphatic heterocycles. The zero-order valence-electron chi connectivity index (χ0n) is 11.9. The first-order valence-corrected chi connectivity index (χ1v) is 6.45. The Morgan fingerprint density at radius 2 is 1.89 bits per heavy atom. The predicted octanol–water partition coefficient (Wildman–Crippen LogP) is 3.17. The molecule has 1 rings (SSSR count). The summed E-state index contributed by atoms with van der Waals surface area (Å²) in [5, 5.41) is 11.7. The molecule has 0 radical (unpaired) electrons. The summed E-state index contributed by atoms with van der Waals surface area (Å²) in [6, 6.07) is 5.87. The molecule has 0 saturated carbocycles. The van der Waals surface area contributed by atoms with Gasteiger partial charge in [-0.15, -0.1) is 0 Å². The van der Waals surface area contributed by atoms with Crippen molar-refractivity contribution in [3.05, 3.63) is 29.3 Å². The zero-order chi connectivity index (χ0) is 14.6. The molecule has 2 N–H and O–H groups in total. The lowest BCUT2D eigenvalue weighted by Crippen LogP contribution is -2.21. The smallest absolute Gasteiger partial charge is 0.306 e. The Hall–Kier alpha value is -1.84. The number of aliphatic carboxylic acids is 1. The quantitative estimate of drug-likeness (QED) is 0.857. The lowest BCUT2D eigenvalue weighted by Gasteiger charge is -2.17. The topological polar surface area (TPSA) is 66.4 Å². The third kappa shape index (κ3) is 4.09. The summed E-state index contributed by atoms with van der Waals surface area (Å²) in [5.41, 5.74) is 2.86. The average Bonchev–Trinajstić information content (AvgIpc) is 2.31. The maximum absolute atomic E-state index is 11.9. The molecule has 0 bridgehead atoms. The summed E-state index contributed by atoms with van der Waals surface area (Å²) in [6.07, 6.45) is -0.0127. The standard InChI is InChI=1S/C15H21NO3/c1-9(2)12-7-5-6-10(3)14(12)16-13(17)8-11(4)15(18)19/h5-7,9,11H,8H2,1-4H3,(H,16,17)(H,18,19). The number of amides is 1. The maximum atomic E-state index is 11.9. The van der Waals surface area contributed by atoms with Gasteiger partial charge in [-0.05, 0) is 24.0 Å². The zero-order valence-corrected chi connectivity index (χ0v) is 11.9. The van der Waals surface area contributed by atoms with E-state index in [1.807, 2.05) is 25.1 Å². The van der Waals surface area contributed by atoms with E-state index in [2.05, 4.69) is 19.2 Å². The van der Waals surface area contributed by atoms with Crippen LogP contribution in [0, 0.1) is 12.8 Å². The molecule has 0 fully saturated rings. The Morgan fingerprint density at radius 1 is 1.26 bits per heavy atom. The Kier molecular flexibility index (Phi) is 5.10. The number of hydrogen-bond acceptors (Lipinski definition) is 2. The second-order valence-corrected chi connectivity index (χ2v) is 5.19. The highest BCUT2D eigenvalue weighted by Crippen LogP contribution is 2.27. The van der Waals surface area contributed by atoms with Crippen molar-refractivity contribution in [2.45, 2.75) is 40.0 Å². The van der Waals surface area contributed by atoms with E-state index in [1.165, 1.54) is 6.92 Å². The molecule has 0 spiro atoms. The molecule has 1 aromatic carbocycles. The van der Waals surface area contributed by atoms with Crippen LogP contribution in [-0.2, 0) is 9.59 Å². The Balaban J connectivity index is 2.87. The Labute approximate surface area is 113 Å². The summed E-state index contributed by atoms with van der Waals surface area (Å²) in [7, 11) is 0. The van der Waals surface area contributed by atoms with E-state index in [0.29, 0.717) is 5.92 Å². The second-order valence-electron chi connectivity index (χ2n) is 5.19. The van der Waals surface area contributed by atoms with E-state index in [-0.39, 0.29) is 12.3 Å². The summed E-state index contributed by atoms with van der Waals surface area (Å²) in [5.74, 6) is -1.59. The number of carbonyl (C=O) groups is 2. The third-order valence-corrected chi connectivity index (χ3v) is 3.10. The Bertz CT molecular complexity index is 480. The van der Waals surface area contributed by atoms with Crippen molar-refractivity contribution in [3.8, 4) is 0 Å². The lowest BCUT2D eigenvalue weighted by atomic mass is 9.98. The average molecular weight is 263 g/mol. The fraction of sp³-hybridized carbons (Fsp3) is 0.467. The van der Waals surface area contributed by atoms with E-state index in [1.54, 1.807) is 0 Å². The highest BCUT2D eigenvalue weighted by Gasteiger charge is 2.17. The van der Waals surface area contributed by atoms with Crippen LogP contribution in [0.25, 0.3) is 0 Å². The largest absolute Gasteiger partial charge is 0.481 e. The molecule has 1 unspecified atom stereocenters. The van der Waals surface area contributed by atoms with Crippen molar-refractivity contribution in [2.24, 2.45) is 5.92 Å². The molecule has 4 nitrogen and oxygen atoms in total. The van der Waals surface area contributed by atoms with Crippen molar-refractivity contribution in [1.29, 1.82) is 0 Å². The number of hydrogen-bond donors (Lipinski definition) is 2. The van der Waals surface area contributed by atoms with Crippen LogP contribution in [0.1, 0.15) is 44.2 Å². The molecule has 0 saturated heterocycles. The third-order valence-electron chi connectivity index (χ3n) is 3.10. The molecule has 19 heavy (non-hydrogen) atoms. The number of benzene rings is 1. The SMILES string of the molecule is Cc1cccc(C(C)C)c1NC(=O)CC(C)C(=O)O. The van der Waals surface area contributed by atoms with Gasteiger partial charge in [0, 0.05) is 12.1 Å². The molecule has 0 heterocycles. The van der Waals surface area contributed by atoms with Gasteiger partial charge in [0.15, 0.2) is 0 Å². The molecular formula is C15H21NO3. The van der Waals surface area contributed by atoms with E-state index in [9.17, 15) is 9.59 Å². The summed E-state index contributed by atoms with van der Waals surface area (Å²) < 4.78 is 0. The minimum Gasteiger partial charge on any atom is -0.481 e. The van der Waals surface area contributed by atoms with Crippen LogP contribution >= 0.6 is 0 Å². The predicted molar refractivity (Wildman–Crippen MR) is 75.3 cm³/mol. The molecule has 1 aromatic rings. The normalized spacial score (nSPS) is 12.3. The lowest BCUT2D eigenvalue weighted by molar-refractivity contribution is -0.142. The number of rotatable bonds is 5. The van der Waals surface area contributed by atoms with Gasteiger partial charge in [0.1, 0.15) is 0 Å². The molecular weight excluding hydrogens is 242 g/mol. The second kappa shape index (κ2) is 6.36. The minimum absolute atomic E-state index is 0.0127. The number of para-hydroxylation sites is 1. The van der Waals surface area contributed by atoms with Gasteiger partial charge >= 0.3 is 5.97 Å². The van der Waals surface area contributed by atoms with Gasteiger partial charge in [0.25, 0.3) is 0 Å². The van der Waals surface area contributed by atoms with Crippen molar-refractivity contribution >= 4 is 17.6 Å². The monoisotopic (exact) mass is 263 g/mol. The van der Waals surface area contributed by atoms with Crippen molar-refractivity contribution in [1.82, 2.24) is 0 Å². The van der Waals surface area contributed by atoms with E-state index in [0.717, 1.165) is 16.8 Å². The molecule has 1 amide bonds. The van der Waals surface area contributed by atoms with E-state index >= 15 is 0 Å². The molecule has 0 aliphatic rings. The first kappa shape index (κ1) is 15.2. The van der Waals surface area contributed by atoms with Gasteiger partial charge in [0.05, 0.1) is 5.92 Å². The van der Waals surface area contributed by atoms with Crippen LogP contribution in [0.2, 0.25) is 0 Å². The van der Waals surface area contributed by atoms with Gasteiger partial charge in [-0.2, -0.15) is 0 Å². The van der Waals surface area contributed by atoms with Gasteiger partial charge < -0.3 is 10.4 Å². The first-order chi connectivity index (χ1) is 8.82. The van der Waals surface area contributed by atoms with Crippen molar-refractivity contribution < 1.29 is 14.7 Å². The van der Waals surface area contributed by atoms with Crippen LogP contribution in [0.5, 0.6) is 0 Å². The van der Waals surface area contributed by atoms with Crippen LogP contribution in [0.4, 0.5) is 5.69 Å². The molecule has 4 heteroatoms. The van der Waals surface area contributed by atoms with Crippen molar-refractivity contribution in [3.63, 3.8) is 0 Å². The molecule has 104 valence electrons. The molecule has 0 aliphatic carbocycles. The van der Waals surface area contributed by atoms with Crippen molar-refractivity contribution in [2.75, 3.05) is 5.32 Å². The Morgan fingerprint density at radius 3 is 2.42 bits per heavy atom. The van der Waals surface area contributed by atoms with E-state index < -0.39 is 11.9 Å². The number of carboxylic acid groups (broad SMARTS) is 1. The number of anilines is 1. The molecule has 0 aromatic heterocycles. The fourth-order valence-corrected chi connectivity index (χ4v) is 1.90. The van der Waals surface area contributed by atoms with Gasteiger partial charge in [-0.25, -0.2) is 0 Å². The number of carboxylic acids is 1. The highest BCUT2D eigenvalue weighted by molar-refractivity contribution is 5.94. The highest BCUT2D eigenvalue weighted by atomic mass is 16.4. The van der Waals surface area contributed by atoms with E-state index in [4.69, 9.17) is 5.11 Å². The van der Waals surface area contributed by atoms with Gasteiger partial charge in [-0.3, -0.25) is 9.59 Å².